The van der Waals surface area contributed by atoms with Crippen LogP contribution in [0.15, 0.2) is 33.8 Å². The third-order valence-corrected chi connectivity index (χ3v) is 3.82. The van der Waals surface area contributed by atoms with Gasteiger partial charge in [0, 0.05) is 34.1 Å². The molecule has 0 aliphatic rings. The minimum Gasteiger partial charge on any atom is -0.444 e. The summed E-state index contributed by atoms with van der Waals surface area (Å²) in [4.78, 5) is 21.9. The molecular formula is C20H31IN6O3. The second-order valence-electron chi connectivity index (χ2n) is 7.66. The molecule has 1 aromatic heterocycles. The van der Waals surface area contributed by atoms with Crippen molar-refractivity contribution >= 4 is 36.0 Å². The number of ether oxygens (including phenoxy) is 1. The number of halogens is 1. The molecule has 0 aliphatic heterocycles. The van der Waals surface area contributed by atoms with E-state index in [9.17, 15) is 4.79 Å². The molecule has 0 fully saturated rings. The van der Waals surface area contributed by atoms with Crippen LogP contribution >= 0.6 is 24.0 Å². The number of nitrogens with one attached hydrogen (secondary N) is 2. The number of aryl methyl sites for hydroxylation is 1. The van der Waals surface area contributed by atoms with Gasteiger partial charge in [0.25, 0.3) is 0 Å². The molecular weight excluding hydrogens is 499 g/mol. The standard InChI is InChI=1S/C20H30N6O3.HI/c1-14-24-17(25-29-14)12-23-18(21-5)22-11-15-7-9-16(10-8-15)13-26(6)19(27)28-20(2,3)4;/h7-10H,11-13H2,1-6H3,(H2,21,22,23);1H. The van der Waals surface area contributed by atoms with Gasteiger partial charge < -0.3 is 24.8 Å². The number of guanidine groups is 1. The lowest BCUT2D eigenvalue weighted by Crippen LogP contribution is -2.36. The minimum absolute atomic E-state index is 0. The lowest BCUT2D eigenvalue weighted by molar-refractivity contribution is 0.0285. The molecule has 10 heteroatoms. The molecule has 0 spiro atoms. The van der Waals surface area contributed by atoms with Gasteiger partial charge in [-0.15, -0.1) is 24.0 Å². The van der Waals surface area contributed by atoms with E-state index in [1.54, 1.807) is 25.9 Å². The first kappa shape index (κ1) is 25.7. The molecule has 9 nitrogen and oxygen atoms in total. The van der Waals surface area contributed by atoms with Gasteiger partial charge in [0.2, 0.25) is 5.89 Å². The molecule has 30 heavy (non-hydrogen) atoms. The number of hydrogen-bond acceptors (Lipinski definition) is 6. The molecule has 0 unspecified atom stereocenters. The average molecular weight is 530 g/mol. The smallest absolute Gasteiger partial charge is 0.410 e. The van der Waals surface area contributed by atoms with Gasteiger partial charge in [0.15, 0.2) is 11.8 Å². The lowest BCUT2D eigenvalue weighted by Gasteiger charge is -2.24. The fraction of sp³-hybridized carbons (Fsp3) is 0.500. The van der Waals surface area contributed by atoms with Crippen LogP contribution in [0.2, 0.25) is 0 Å². The Kier molecular flexibility index (Phi) is 10.0. The van der Waals surface area contributed by atoms with Crippen LogP contribution in [0.25, 0.3) is 0 Å². The fourth-order valence-corrected chi connectivity index (χ4v) is 2.42. The van der Waals surface area contributed by atoms with E-state index < -0.39 is 5.60 Å². The Bertz CT molecular complexity index is 830. The molecule has 0 saturated carbocycles. The monoisotopic (exact) mass is 530 g/mol. The maximum atomic E-state index is 12.1. The van der Waals surface area contributed by atoms with Gasteiger partial charge in [0.1, 0.15) is 5.60 Å². The quantitative estimate of drug-likeness (QED) is 0.336. The molecule has 0 saturated heterocycles. The van der Waals surface area contributed by atoms with Crippen LogP contribution in [0.1, 0.15) is 43.6 Å². The average Bonchev–Trinajstić information content (AvgIpc) is 3.07. The first-order valence-electron chi connectivity index (χ1n) is 9.42. The molecule has 0 bridgehead atoms. The molecule has 2 rings (SSSR count). The highest BCUT2D eigenvalue weighted by Gasteiger charge is 2.19. The van der Waals surface area contributed by atoms with Crippen molar-refractivity contribution in [1.82, 2.24) is 25.7 Å². The van der Waals surface area contributed by atoms with E-state index in [1.165, 1.54) is 0 Å². The van der Waals surface area contributed by atoms with Gasteiger partial charge in [0.05, 0.1) is 6.54 Å². The van der Waals surface area contributed by atoms with Gasteiger partial charge in [-0.05, 0) is 31.9 Å². The molecule has 2 N–H and O–H groups in total. The summed E-state index contributed by atoms with van der Waals surface area (Å²) in [6.45, 7) is 8.82. The number of hydrogen-bond donors (Lipinski definition) is 2. The number of nitrogens with zero attached hydrogens (tertiary/aromatic N) is 4. The molecule has 166 valence electrons. The number of carbonyl (C=O) groups is 1. The predicted octanol–water partition coefficient (Wildman–Crippen LogP) is 3.23. The number of amides is 1. The molecule has 1 heterocycles. The zero-order valence-electron chi connectivity index (χ0n) is 18.4. The van der Waals surface area contributed by atoms with E-state index in [-0.39, 0.29) is 30.1 Å². The Labute approximate surface area is 194 Å². The van der Waals surface area contributed by atoms with Crippen molar-refractivity contribution in [1.29, 1.82) is 0 Å². The van der Waals surface area contributed by atoms with Gasteiger partial charge in [-0.3, -0.25) is 4.99 Å². The normalized spacial score (nSPS) is 11.5. The number of carbonyl (C=O) groups excluding carboxylic acids is 1. The van der Waals surface area contributed by atoms with E-state index in [0.717, 1.165) is 11.1 Å². The summed E-state index contributed by atoms with van der Waals surface area (Å²) in [7, 11) is 3.43. The summed E-state index contributed by atoms with van der Waals surface area (Å²) in [5.74, 6) is 1.74. The predicted molar refractivity (Wildman–Crippen MR) is 126 cm³/mol. The van der Waals surface area contributed by atoms with E-state index in [4.69, 9.17) is 9.26 Å². The Morgan fingerprint density at radius 3 is 2.30 bits per heavy atom. The molecule has 2 aromatic rings. The van der Waals surface area contributed by atoms with E-state index >= 15 is 0 Å². The van der Waals surface area contributed by atoms with E-state index in [0.29, 0.717) is 37.3 Å². The van der Waals surface area contributed by atoms with Crippen LogP contribution < -0.4 is 10.6 Å². The molecule has 1 amide bonds. The summed E-state index contributed by atoms with van der Waals surface area (Å²) in [6.07, 6.45) is -0.338. The summed E-state index contributed by atoms with van der Waals surface area (Å²) in [5.41, 5.74) is 1.61. The fourth-order valence-electron chi connectivity index (χ4n) is 2.42. The third kappa shape index (κ3) is 8.97. The Morgan fingerprint density at radius 2 is 1.77 bits per heavy atom. The molecule has 1 aromatic carbocycles. The highest BCUT2D eigenvalue weighted by molar-refractivity contribution is 14.0. The van der Waals surface area contributed by atoms with Crippen molar-refractivity contribution in [2.45, 2.75) is 52.9 Å². The van der Waals surface area contributed by atoms with Gasteiger partial charge in [-0.25, -0.2) is 4.79 Å². The third-order valence-electron chi connectivity index (χ3n) is 3.82. The zero-order valence-corrected chi connectivity index (χ0v) is 20.7. The van der Waals surface area contributed by atoms with Gasteiger partial charge in [-0.2, -0.15) is 4.98 Å². The van der Waals surface area contributed by atoms with Gasteiger partial charge in [-0.1, -0.05) is 29.4 Å². The van der Waals surface area contributed by atoms with Crippen LogP contribution in [0.5, 0.6) is 0 Å². The van der Waals surface area contributed by atoms with Crippen molar-refractivity contribution in [2.24, 2.45) is 4.99 Å². The second kappa shape index (κ2) is 11.7. The molecule has 0 aliphatic carbocycles. The number of aromatic nitrogens is 2. The topological polar surface area (TPSA) is 105 Å². The zero-order chi connectivity index (χ0) is 21.4. The van der Waals surface area contributed by atoms with Crippen molar-refractivity contribution in [3.63, 3.8) is 0 Å². The highest BCUT2D eigenvalue weighted by atomic mass is 127. The first-order chi connectivity index (χ1) is 13.7. The maximum absolute atomic E-state index is 12.1. The van der Waals surface area contributed by atoms with E-state index in [2.05, 4.69) is 25.8 Å². The van der Waals surface area contributed by atoms with Crippen LogP contribution in [0, 0.1) is 6.92 Å². The second-order valence-corrected chi connectivity index (χ2v) is 7.66. The Hall–Kier alpha value is -2.37. The molecule has 0 atom stereocenters. The largest absolute Gasteiger partial charge is 0.444 e. The summed E-state index contributed by atoms with van der Waals surface area (Å²) < 4.78 is 10.3. The van der Waals surface area contributed by atoms with Crippen LogP contribution in [-0.4, -0.2) is 46.8 Å². The summed E-state index contributed by atoms with van der Waals surface area (Å²) >= 11 is 0. The number of rotatable bonds is 6. The minimum atomic E-state index is -0.504. The van der Waals surface area contributed by atoms with Crippen LogP contribution in [0.3, 0.4) is 0 Å². The summed E-state index contributed by atoms with van der Waals surface area (Å²) in [5, 5.41) is 10.2. The molecule has 0 radical (unpaired) electrons. The lowest BCUT2D eigenvalue weighted by atomic mass is 10.1. The van der Waals surface area contributed by atoms with Crippen LogP contribution in [0.4, 0.5) is 4.79 Å². The Balaban J connectivity index is 0.00000450. The summed E-state index contributed by atoms with van der Waals surface area (Å²) in [6, 6.07) is 8.02. The van der Waals surface area contributed by atoms with E-state index in [1.807, 2.05) is 45.0 Å². The van der Waals surface area contributed by atoms with Crippen molar-refractivity contribution in [3.8, 4) is 0 Å². The number of aliphatic imine (C=N–C) groups is 1. The Morgan fingerprint density at radius 1 is 1.17 bits per heavy atom. The van der Waals surface area contributed by atoms with Crippen molar-refractivity contribution < 1.29 is 14.1 Å². The van der Waals surface area contributed by atoms with Crippen molar-refractivity contribution in [2.75, 3.05) is 14.1 Å². The number of benzene rings is 1. The highest BCUT2D eigenvalue weighted by Crippen LogP contribution is 2.12. The van der Waals surface area contributed by atoms with Crippen molar-refractivity contribution in [3.05, 3.63) is 47.1 Å². The maximum Gasteiger partial charge on any atom is 0.410 e. The van der Waals surface area contributed by atoms with Gasteiger partial charge >= 0.3 is 6.09 Å². The SMILES string of the molecule is CN=C(NCc1ccc(CN(C)C(=O)OC(C)(C)C)cc1)NCc1noc(C)n1.I. The first-order valence-corrected chi connectivity index (χ1v) is 9.42. The van der Waals surface area contributed by atoms with Crippen LogP contribution in [-0.2, 0) is 24.4 Å².